The normalized spacial score (nSPS) is 20.0. The van der Waals surface area contributed by atoms with Gasteiger partial charge < -0.3 is 35.2 Å². The molecule has 67 heavy (non-hydrogen) atoms. The van der Waals surface area contributed by atoms with Gasteiger partial charge in [0.15, 0.2) is 6.29 Å². The maximum absolute atomic E-state index is 13.1. The standard InChI is InChI=1S/C54H103NO11S/c1-3-5-7-9-11-13-15-17-18-19-20-21-22-23-24-25-26-27-28-29-30-31-32-34-36-38-40-42-44-50(58)55-47(48(57)43-41-39-37-35-33-16-14-12-10-8-6-4-2)46-64-54-52(60)53(66-67(61,62)63)51(59)49(45-56)65-54/h23-24,41,43,47-49,51-54,56-57,59-60H,3-22,25-40,42,44-46H2,1-2H3,(H,55,58)(H,61,62,63)/b24-23-,43-41+. The maximum Gasteiger partial charge on any atom is 0.397 e. The number of amides is 1. The van der Waals surface area contributed by atoms with Gasteiger partial charge in [-0.2, -0.15) is 8.42 Å². The van der Waals surface area contributed by atoms with Gasteiger partial charge in [0.2, 0.25) is 5.91 Å². The lowest BCUT2D eigenvalue weighted by Gasteiger charge is -2.41. The molecule has 1 rings (SSSR count). The third-order valence-corrected chi connectivity index (χ3v) is 13.7. The monoisotopic (exact) mass is 974 g/mol. The smallest absolute Gasteiger partial charge is 0.394 e. The van der Waals surface area contributed by atoms with E-state index in [2.05, 4.69) is 35.5 Å². The van der Waals surface area contributed by atoms with Gasteiger partial charge in [0, 0.05) is 6.42 Å². The Morgan fingerprint density at radius 3 is 1.34 bits per heavy atom. The summed E-state index contributed by atoms with van der Waals surface area (Å²) in [5, 5.41) is 44.8. The molecule has 0 aromatic carbocycles. The van der Waals surface area contributed by atoms with Gasteiger partial charge in [0.25, 0.3) is 0 Å². The van der Waals surface area contributed by atoms with Gasteiger partial charge in [0.1, 0.15) is 24.4 Å². The van der Waals surface area contributed by atoms with E-state index in [1.807, 2.05) is 6.08 Å². The Labute approximate surface area is 410 Å². The fourth-order valence-corrected chi connectivity index (χ4v) is 9.43. The highest BCUT2D eigenvalue weighted by Gasteiger charge is 2.48. The number of hydrogen-bond acceptors (Lipinski definition) is 10. The largest absolute Gasteiger partial charge is 0.397 e. The molecular weight excluding hydrogens is 871 g/mol. The molecule has 13 heteroatoms. The molecule has 0 bridgehead atoms. The Morgan fingerprint density at radius 1 is 0.582 bits per heavy atom. The van der Waals surface area contributed by atoms with Gasteiger partial charge in [-0.1, -0.05) is 231 Å². The van der Waals surface area contributed by atoms with Crippen LogP contribution in [-0.4, -0.2) is 95.4 Å². The molecule has 0 aromatic rings. The van der Waals surface area contributed by atoms with Crippen LogP contribution in [0.3, 0.4) is 0 Å². The molecule has 0 aliphatic carbocycles. The zero-order valence-electron chi connectivity index (χ0n) is 42.7. The van der Waals surface area contributed by atoms with Crippen LogP contribution in [-0.2, 0) is 28.9 Å². The third kappa shape index (κ3) is 37.1. The molecule has 396 valence electrons. The molecule has 1 heterocycles. The van der Waals surface area contributed by atoms with Gasteiger partial charge in [0.05, 0.1) is 25.4 Å². The fourth-order valence-electron chi connectivity index (χ4n) is 8.92. The van der Waals surface area contributed by atoms with Gasteiger partial charge in [-0.25, -0.2) is 4.18 Å². The van der Waals surface area contributed by atoms with Crippen LogP contribution in [0.15, 0.2) is 24.3 Å². The molecule has 1 fully saturated rings. The van der Waals surface area contributed by atoms with Crippen LogP contribution in [0.25, 0.3) is 0 Å². The number of carbonyl (C=O) groups is 1. The van der Waals surface area contributed by atoms with E-state index < -0.39 is 59.9 Å². The third-order valence-electron chi connectivity index (χ3n) is 13.2. The minimum atomic E-state index is -5.08. The van der Waals surface area contributed by atoms with Crippen LogP contribution in [0.2, 0.25) is 0 Å². The average Bonchev–Trinajstić information content (AvgIpc) is 3.30. The topological polar surface area (TPSA) is 192 Å². The maximum atomic E-state index is 13.1. The molecule has 6 N–H and O–H groups in total. The second-order valence-electron chi connectivity index (χ2n) is 19.5. The summed E-state index contributed by atoms with van der Waals surface area (Å²) < 4.78 is 47.7. The van der Waals surface area contributed by atoms with Crippen molar-refractivity contribution in [3.05, 3.63) is 24.3 Å². The van der Waals surface area contributed by atoms with Gasteiger partial charge in [-0.3, -0.25) is 9.35 Å². The second kappa shape index (κ2) is 44.5. The first-order valence-corrected chi connectivity index (χ1v) is 29.1. The first-order chi connectivity index (χ1) is 32.5. The van der Waals surface area contributed by atoms with Gasteiger partial charge in [-0.15, -0.1) is 0 Å². The Bertz CT molecular complexity index is 1280. The fraction of sp³-hybridized carbons (Fsp3) is 0.907. The van der Waals surface area contributed by atoms with E-state index in [9.17, 15) is 38.2 Å². The van der Waals surface area contributed by atoms with E-state index in [4.69, 9.17) is 9.47 Å². The molecule has 1 amide bonds. The number of nitrogens with one attached hydrogen (secondary N) is 1. The summed E-state index contributed by atoms with van der Waals surface area (Å²) in [6, 6.07) is -0.941. The molecule has 0 radical (unpaired) electrons. The van der Waals surface area contributed by atoms with Crippen LogP contribution in [0.1, 0.15) is 258 Å². The molecular formula is C54H103NO11S. The number of ether oxygens (including phenoxy) is 2. The quantitative estimate of drug-likeness (QED) is 0.0193. The highest BCUT2D eigenvalue weighted by molar-refractivity contribution is 7.80. The predicted molar refractivity (Wildman–Crippen MR) is 273 cm³/mol. The van der Waals surface area contributed by atoms with Crippen molar-refractivity contribution >= 4 is 16.3 Å². The number of hydrogen-bond donors (Lipinski definition) is 6. The number of aliphatic hydroxyl groups excluding tert-OH is 4. The van der Waals surface area contributed by atoms with Crippen LogP contribution >= 0.6 is 0 Å². The molecule has 1 saturated heterocycles. The zero-order valence-corrected chi connectivity index (χ0v) is 43.5. The summed E-state index contributed by atoms with van der Waals surface area (Å²) in [6.45, 7) is 3.40. The number of aliphatic hydroxyl groups is 4. The summed E-state index contributed by atoms with van der Waals surface area (Å²) >= 11 is 0. The Hall–Kier alpha value is -1.42. The van der Waals surface area contributed by atoms with E-state index in [0.717, 1.165) is 38.5 Å². The predicted octanol–water partition coefficient (Wildman–Crippen LogP) is 12.5. The Morgan fingerprint density at radius 2 is 0.955 bits per heavy atom. The molecule has 7 unspecified atom stereocenters. The van der Waals surface area contributed by atoms with Gasteiger partial charge in [-0.05, 0) is 44.9 Å². The van der Waals surface area contributed by atoms with Gasteiger partial charge >= 0.3 is 10.4 Å². The summed E-state index contributed by atoms with van der Waals surface area (Å²) in [4.78, 5) is 13.1. The Balaban J connectivity index is 2.30. The van der Waals surface area contributed by atoms with Crippen molar-refractivity contribution in [2.24, 2.45) is 0 Å². The average molecular weight is 974 g/mol. The molecule has 1 aliphatic rings. The van der Waals surface area contributed by atoms with Crippen molar-refractivity contribution in [3.8, 4) is 0 Å². The summed E-state index contributed by atoms with van der Waals surface area (Å²) in [6.07, 6.45) is 45.2. The summed E-state index contributed by atoms with van der Waals surface area (Å²) in [7, 11) is -5.08. The lowest BCUT2D eigenvalue weighted by atomic mass is 9.99. The van der Waals surface area contributed by atoms with Crippen LogP contribution in [0.4, 0.5) is 0 Å². The van der Waals surface area contributed by atoms with Crippen molar-refractivity contribution in [2.45, 2.75) is 301 Å². The van der Waals surface area contributed by atoms with E-state index in [-0.39, 0.29) is 18.9 Å². The second-order valence-corrected chi connectivity index (χ2v) is 20.6. The number of allylic oxidation sites excluding steroid dienone is 3. The highest BCUT2D eigenvalue weighted by Crippen LogP contribution is 2.26. The van der Waals surface area contributed by atoms with E-state index in [1.54, 1.807) is 6.08 Å². The number of rotatable bonds is 48. The van der Waals surface area contributed by atoms with Crippen molar-refractivity contribution in [3.63, 3.8) is 0 Å². The number of carbonyl (C=O) groups excluding carboxylic acids is 1. The van der Waals surface area contributed by atoms with Crippen molar-refractivity contribution in [1.82, 2.24) is 5.32 Å². The zero-order chi connectivity index (χ0) is 49.1. The van der Waals surface area contributed by atoms with E-state index >= 15 is 0 Å². The van der Waals surface area contributed by atoms with Crippen LogP contribution in [0.5, 0.6) is 0 Å². The summed E-state index contributed by atoms with van der Waals surface area (Å²) in [5.74, 6) is -0.261. The molecule has 7 atom stereocenters. The van der Waals surface area contributed by atoms with Crippen molar-refractivity contribution < 1.29 is 51.8 Å². The summed E-state index contributed by atoms with van der Waals surface area (Å²) in [5.41, 5.74) is 0. The highest BCUT2D eigenvalue weighted by atomic mass is 32.3. The SMILES string of the molecule is CCCCCCCCCCCC/C=C/C(O)C(COC1OC(CO)C(O)C(OS(=O)(=O)O)C1O)NC(=O)CCCCCCCCCCCCCC/C=C\CCCCCCCCCCCCCC. The molecule has 0 aromatic heterocycles. The molecule has 1 aliphatic heterocycles. The van der Waals surface area contributed by atoms with Crippen LogP contribution in [0, 0.1) is 0 Å². The minimum Gasteiger partial charge on any atom is -0.394 e. The van der Waals surface area contributed by atoms with Crippen LogP contribution < -0.4 is 5.32 Å². The Kier molecular flexibility index (Phi) is 42.3. The first kappa shape index (κ1) is 63.6. The molecule has 12 nitrogen and oxygen atoms in total. The first-order valence-electron chi connectivity index (χ1n) is 27.7. The van der Waals surface area contributed by atoms with Crippen molar-refractivity contribution in [2.75, 3.05) is 13.2 Å². The van der Waals surface area contributed by atoms with E-state index in [0.29, 0.717) is 6.42 Å². The minimum absolute atomic E-state index is 0.261. The van der Waals surface area contributed by atoms with E-state index in [1.165, 1.54) is 193 Å². The lowest BCUT2D eigenvalue weighted by molar-refractivity contribution is -0.298. The molecule has 0 saturated carbocycles. The van der Waals surface area contributed by atoms with Crippen molar-refractivity contribution in [1.29, 1.82) is 0 Å². The number of unbranched alkanes of at least 4 members (excludes halogenated alkanes) is 34. The lowest BCUT2D eigenvalue weighted by Crippen LogP contribution is -2.61. The molecule has 0 spiro atoms.